The SMILES string of the molecule is CCCCCC/C=C\C/C=C\CCCCCCCCCC(=O)OC(COC(=O)CCCC)COP(=O)(O)OCC(O)CO. The van der Waals surface area contributed by atoms with Gasteiger partial charge in [-0.15, -0.1) is 0 Å². The minimum atomic E-state index is -4.59. The number of aliphatic hydroxyl groups excluding tert-OH is 2. The molecule has 3 N–H and O–H groups in total. The number of phosphoric ester groups is 1. The molecule has 0 radical (unpaired) electrons. The minimum Gasteiger partial charge on any atom is -0.462 e. The van der Waals surface area contributed by atoms with Gasteiger partial charge < -0.3 is 24.6 Å². The Balaban J connectivity index is 4.15. The quantitative estimate of drug-likeness (QED) is 0.0323. The highest BCUT2D eigenvalue weighted by Gasteiger charge is 2.27. The molecule has 0 saturated carbocycles. The third-order valence-corrected chi connectivity index (χ3v) is 7.56. The summed E-state index contributed by atoms with van der Waals surface area (Å²) in [6.45, 7) is 2.04. The van der Waals surface area contributed by atoms with Gasteiger partial charge in [0, 0.05) is 12.8 Å². The molecule has 3 unspecified atom stereocenters. The van der Waals surface area contributed by atoms with Crippen molar-refractivity contribution in [1.82, 2.24) is 0 Å². The van der Waals surface area contributed by atoms with Gasteiger partial charge in [-0.3, -0.25) is 18.6 Å². The zero-order valence-electron chi connectivity index (χ0n) is 26.7. The minimum absolute atomic E-state index is 0.175. The zero-order valence-corrected chi connectivity index (χ0v) is 27.6. The van der Waals surface area contributed by atoms with Crippen molar-refractivity contribution in [1.29, 1.82) is 0 Å². The van der Waals surface area contributed by atoms with E-state index < -0.39 is 51.8 Å². The topological polar surface area (TPSA) is 149 Å². The van der Waals surface area contributed by atoms with Crippen LogP contribution in [-0.2, 0) is 32.7 Å². The molecule has 0 heterocycles. The summed E-state index contributed by atoms with van der Waals surface area (Å²) in [7, 11) is -4.59. The Kier molecular flexibility index (Phi) is 28.1. The highest BCUT2D eigenvalue weighted by atomic mass is 31.2. The molecule has 11 heteroatoms. The summed E-state index contributed by atoms with van der Waals surface area (Å²) < 4.78 is 32.0. The lowest BCUT2D eigenvalue weighted by Crippen LogP contribution is -2.29. The Bertz CT molecular complexity index is 786. The van der Waals surface area contributed by atoms with Crippen molar-refractivity contribution in [3.63, 3.8) is 0 Å². The number of unbranched alkanes of at least 4 members (excludes halogenated alkanes) is 12. The standard InChI is InChI=1S/C32H59O10P/c1-3-5-7-8-9-10-11-12-13-14-15-16-17-18-19-20-21-22-24-32(36)42-30(27-39-31(35)23-6-4-2)28-41-43(37,38)40-26-29(34)25-33/h10-11,13-14,29-30,33-34H,3-9,12,15-28H2,1-2H3,(H,37,38)/b11-10-,14-13-. The van der Waals surface area contributed by atoms with Gasteiger partial charge in [-0.1, -0.05) is 95.9 Å². The molecule has 0 rings (SSSR count). The molecular formula is C32H59O10P. The molecule has 3 atom stereocenters. The number of allylic oxidation sites excluding steroid dienone is 4. The largest absolute Gasteiger partial charge is 0.472 e. The second-order valence-corrected chi connectivity index (χ2v) is 12.3. The van der Waals surface area contributed by atoms with Crippen LogP contribution in [0, 0.1) is 0 Å². The van der Waals surface area contributed by atoms with Crippen molar-refractivity contribution < 1.29 is 47.8 Å². The fourth-order valence-corrected chi connectivity index (χ4v) is 4.79. The normalized spacial score (nSPS) is 14.6. The molecule has 0 amide bonds. The van der Waals surface area contributed by atoms with Gasteiger partial charge >= 0.3 is 19.8 Å². The molecule has 0 aromatic carbocycles. The number of esters is 2. The molecule has 0 aliphatic carbocycles. The Labute approximate surface area is 259 Å². The summed E-state index contributed by atoms with van der Waals surface area (Å²) in [5, 5.41) is 18.1. The lowest BCUT2D eigenvalue weighted by Gasteiger charge is -2.20. The maximum atomic E-state index is 12.4. The fourth-order valence-electron chi connectivity index (χ4n) is 4.00. The third-order valence-electron chi connectivity index (χ3n) is 6.61. The van der Waals surface area contributed by atoms with Crippen LogP contribution in [0.4, 0.5) is 0 Å². The predicted octanol–water partition coefficient (Wildman–Crippen LogP) is 7.10. The van der Waals surface area contributed by atoms with Gasteiger partial charge in [0.2, 0.25) is 0 Å². The Morgan fingerprint density at radius 2 is 1.23 bits per heavy atom. The monoisotopic (exact) mass is 634 g/mol. The van der Waals surface area contributed by atoms with E-state index in [-0.39, 0.29) is 19.4 Å². The summed E-state index contributed by atoms with van der Waals surface area (Å²) in [6.07, 6.45) is 24.2. The average molecular weight is 635 g/mol. The number of rotatable bonds is 30. The number of aliphatic hydroxyl groups is 2. The van der Waals surface area contributed by atoms with Crippen molar-refractivity contribution in [2.75, 3.05) is 26.4 Å². The van der Waals surface area contributed by atoms with Crippen LogP contribution in [0.1, 0.15) is 129 Å². The molecule has 252 valence electrons. The van der Waals surface area contributed by atoms with Crippen LogP contribution in [0.3, 0.4) is 0 Å². The first kappa shape index (κ1) is 41.4. The number of carbonyl (C=O) groups is 2. The van der Waals surface area contributed by atoms with Crippen LogP contribution < -0.4 is 0 Å². The number of carbonyl (C=O) groups excluding carboxylic acids is 2. The molecule has 0 bridgehead atoms. The van der Waals surface area contributed by atoms with E-state index in [4.69, 9.17) is 19.1 Å². The third kappa shape index (κ3) is 28.9. The van der Waals surface area contributed by atoms with E-state index in [1.54, 1.807) is 0 Å². The van der Waals surface area contributed by atoms with Gasteiger partial charge in [0.15, 0.2) is 6.10 Å². The van der Waals surface area contributed by atoms with E-state index in [0.717, 1.165) is 44.9 Å². The number of ether oxygens (including phenoxy) is 2. The Morgan fingerprint density at radius 3 is 1.84 bits per heavy atom. The van der Waals surface area contributed by atoms with Crippen LogP contribution in [0.25, 0.3) is 0 Å². The van der Waals surface area contributed by atoms with Crippen LogP contribution in [0.5, 0.6) is 0 Å². The molecule has 10 nitrogen and oxygen atoms in total. The molecule has 0 aromatic heterocycles. The fraction of sp³-hybridized carbons (Fsp3) is 0.812. The van der Waals surface area contributed by atoms with Crippen LogP contribution in [0.15, 0.2) is 24.3 Å². The van der Waals surface area contributed by atoms with E-state index in [2.05, 4.69) is 35.8 Å². The molecule has 43 heavy (non-hydrogen) atoms. The number of hydrogen-bond acceptors (Lipinski definition) is 9. The average Bonchev–Trinajstić information content (AvgIpc) is 2.99. The van der Waals surface area contributed by atoms with Crippen molar-refractivity contribution in [3.8, 4) is 0 Å². The van der Waals surface area contributed by atoms with Crippen LogP contribution >= 0.6 is 7.82 Å². The van der Waals surface area contributed by atoms with E-state index in [0.29, 0.717) is 12.8 Å². The maximum Gasteiger partial charge on any atom is 0.472 e. The highest BCUT2D eigenvalue weighted by Crippen LogP contribution is 2.43. The molecule has 0 aromatic rings. The molecule has 0 spiro atoms. The summed E-state index contributed by atoms with van der Waals surface area (Å²) in [5.74, 6) is -0.977. The second kappa shape index (κ2) is 29.2. The molecule has 0 aliphatic rings. The van der Waals surface area contributed by atoms with E-state index in [1.165, 1.54) is 44.9 Å². The molecular weight excluding hydrogens is 575 g/mol. The number of phosphoric acid groups is 1. The van der Waals surface area contributed by atoms with Gasteiger partial charge in [0.05, 0.1) is 19.8 Å². The van der Waals surface area contributed by atoms with Crippen LogP contribution in [0.2, 0.25) is 0 Å². The lowest BCUT2D eigenvalue weighted by atomic mass is 10.1. The van der Waals surface area contributed by atoms with Crippen molar-refractivity contribution in [3.05, 3.63) is 24.3 Å². The van der Waals surface area contributed by atoms with Gasteiger partial charge in [0.1, 0.15) is 12.7 Å². The van der Waals surface area contributed by atoms with Gasteiger partial charge in [0.25, 0.3) is 0 Å². The van der Waals surface area contributed by atoms with Gasteiger partial charge in [-0.2, -0.15) is 0 Å². The second-order valence-electron chi connectivity index (χ2n) is 10.8. The summed E-state index contributed by atoms with van der Waals surface area (Å²) >= 11 is 0. The van der Waals surface area contributed by atoms with Crippen molar-refractivity contribution in [2.45, 2.75) is 142 Å². The Morgan fingerprint density at radius 1 is 0.698 bits per heavy atom. The van der Waals surface area contributed by atoms with Crippen LogP contribution in [-0.4, -0.2) is 65.7 Å². The first-order chi connectivity index (χ1) is 20.7. The van der Waals surface area contributed by atoms with E-state index in [1.807, 2.05) is 6.92 Å². The number of hydrogen-bond donors (Lipinski definition) is 3. The highest BCUT2D eigenvalue weighted by molar-refractivity contribution is 7.47. The summed E-state index contributed by atoms with van der Waals surface area (Å²) in [5.41, 5.74) is 0. The molecule has 0 aliphatic heterocycles. The Hall–Kier alpha value is -1.55. The van der Waals surface area contributed by atoms with E-state index in [9.17, 15) is 24.2 Å². The van der Waals surface area contributed by atoms with Gasteiger partial charge in [-0.25, -0.2) is 4.57 Å². The van der Waals surface area contributed by atoms with Crippen molar-refractivity contribution >= 4 is 19.8 Å². The lowest BCUT2D eigenvalue weighted by molar-refractivity contribution is -0.161. The maximum absolute atomic E-state index is 12.4. The zero-order chi connectivity index (χ0) is 32.0. The smallest absolute Gasteiger partial charge is 0.462 e. The molecule has 0 fully saturated rings. The van der Waals surface area contributed by atoms with Gasteiger partial charge in [-0.05, 0) is 44.9 Å². The summed E-state index contributed by atoms with van der Waals surface area (Å²) in [4.78, 5) is 34.0. The predicted molar refractivity (Wildman–Crippen MR) is 168 cm³/mol. The summed E-state index contributed by atoms with van der Waals surface area (Å²) in [6, 6.07) is 0. The first-order valence-electron chi connectivity index (χ1n) is 16.3. The molecule has 0 saturated heterocycles. The van der Waals surface area contributed by atoms with Crippen molar-refractivity contribution in [2.24, 2.45) is 0 Å². The van der Waals surface area contributed by atoms with E-state index >= 15 is 0 Å². The first-order valence-corrected chi connectivity index (χ1v) is 17.8.